The van der Waals surface area contributed by atoms with E-state index in [2.05, 4.69) is 81.1 Å². The van der Waals surface area contributed by atoms with Crippen LogP contribution < -0.4 is 5.32 Å². The maximum absolute atomic E-state index is 4.54. The minimum Gasteiger partial charge on any atom is -0.352 e. The highest BCUT2D eigenvalue weighted by Gasteiger charge is 2.28. The number of piperidine rings is 1. The second kappa shape index (κ2) is 10.8. The number of imidazole rings is 1. The SMILES string of the molecule is CN=C(NCc1cccc(CN(C)C)c1)N1CCC(C)C(n2ccnc2)C1.I. The Kier molecular flexibility index (Phi) is 8.75. The summed E-state index contributed by atoms with van der Waals surface area (Å²) < 4.78 is 2.23. The molecule has 2 heterocycles. The van der Waals surface area contributed by atoms with Crippen molar-refractivity contribution in [1.82, 2.24) is 24.7 Å². The van der Waals surface area contributed by atoms with Gasteiger partial charge in [-0.2, -0.15) is 0 Å². The van der Waals surface area contributed by atoms with Gasteiger partial charge >= 0.3 is 0 Å². The summed E-state index contributed by atoms with van der Waals surface area (Å²) in [6, 6.07) is 9.19. The van der Waals surface area contributed by atoms with Gasteiger partial charge in [-0.15, -0.1) is 24.0 Å². The number of hydrogen-bond donors (Lipinski definition) is 1. The lowest BCUT2D eigenvalue weighted by molar-refractivity contribution is 0.189. The first-order chi connectivity index (χ1) is 13.1. The van der Waals surface area contributed by atoms with Crippen LogP contribution in [0.25, 0.3) is 0 Å². The summed E-state index contributed by atoms with van der Waals surface area (Å²) in [4.78, 5) is 13.3. The minimum atomic E-state index is 0. The third-order valence-corrected chi connectivity index (χ3v) is 5.28. The molecule has 28 heavy (non-hydrogen) atoms. The number of hydrogen-bond acceptors (Lipinski definition) is 3. The summed E-state index contributed by atoms with van der Waals surface area (Å²) in [5.41, 5.74) is 2.62. The number of rotatable bonds is 5. The van der Waals surface area contributed by atoms with Crippen LogP contribution in [0.3, 0.4) is 0 Å². The highest BCUT2D eigenvalue weighted by Crippen LogP contribution is 2.27. The number of aromatic nitrogens is 2. The molecule has 1 fully saturated rings. The number of nitrogens with one attached hydrogen (secondary N) is 1. The predicted octanol–water partition coefficient (Wildman–Crippen LogP) is 3.22. The number of halogens is 1. The van der Waals surface area contributed by atoms with Gasteiger partial charge in [0.25, 0.3) is 0 Å². The van der Waals surface area contributed by atoms with Gasteiger partial charge in [-0.3, -0.25) is 4.99 Å². The zero-order chi connectivity index (χ0) is 19.2. The summed E-state index contributed by atoms with van der Waals surface area (Å²) in [5, 5.41) is 3.55. The molecule has 0 bridgehead atoms. The van der Waals surface area contributed by atoms with E-state index in [0.29, 0.717) is 12.0 Å². The van der Waals surface area contributed by atoms with Crippen molar-refractivity contribution >= 4 is 29.9 Å². The van der Waals surface area contributed by atoms with Crippen LogP contribution in [0.1, 0.15) is 30.5 Å². The molecule has 0 spiro atoms. The Bertz CT molecular complexity index is 743. The number of aliphatic imine (C=N–C) groups is 1. The lowest BCUT2D eigenvalue weighted by atomic mass is 9.93. The fourth-order valence-electron chi connectivity index (χ4n) is 3.81. The summed E-state index contributed by atoms with van der Waals surface area (Å²) in [6.45, 7) is 6.06. The van der Waals surface area contributed by atoms with E-state index in [9.17, 15) is 0 Å². The number of nitrogens with zero attached hydrogens (tertiary/aromatic N) is 5. The fourth-order valence-corrected chi connectivity index (χ4v) is 3.81. The molecule has 1 saturated heterocycles. The Morgan fingerprint density at radius 2 is 2.11 bits per heavy atom. The number of likely N-dealkylation sites (tertiary alicyclic amines) is 1. The van der Waals surface area contributed by atoms with Crippen molar-refractivity contribution in [3.63, 3.8) is 0 Å². The molecular formula is C21H33IN6. The molecule has 0 amide bonds. The fraction of sp³-hybridized carbons (Fsp3) is 0.524. The Morgan fingerprint density at radius 3 is 2.79 bits per heavy atom. The van der Waals surface area contributed by atoms with E-state index in [4.69, 9.17) is 0 Å². The standard InChI is InChI=1S/C21H32N6.HI/c1-17-8-10-26(15-20(17)27-11-9-23-16-27)21(22-2)24-13-18-6-5-7-19(12-18)14-25(3)4;/h5-7,9,11-12,16-17,20H,8,10,13-15H2,1-4H3,(H,22,24);1H. The van der Waals surface area contributed by atoms with Gasteiger partial charge in [0.2, 0.25) is 0 Å². The van der Waals surface area contributed by atoms with Gasteiger partial charge < -0.3 is 19.7 Å². The molecule has 0 radical (unpaired) electrons. The molecule has 1 aliphatic rings. The highest BCUT2D eigenvalue weighted by atomic mass is 127. The van der Waals surface area contributed by atoms with Crippen LogP contribution in [0.15, 0.2) is 48.0 Å². The minimum absolute atomic E-state index is 0. The van der Waals surface area contributed by atoms with Crippen molar-refractivity contribution in [3.05, 3.63) is 54.1 Å². The van der Waals surface area contributed by atoms with E-state index in [1.807, 2.05) is 19.6 Å². The van der Waals surface area contributed by atoms with Gasteiger partial charge in [0.15, 0.2) is 5.96 Å². The van der Waals surface area contributed by atoms with Crippen molar-refractivity contribution in [2.24, 2.45) is 10.9 Å². The van der Waals surface area contributed by atoms with Crippen LogP contribution in [0.4, 0.5) is 0 Å². The number of guanidine groups is 1. The molecule has 1 aliphatic heterocycles. The van der Waals surface area contributed by atoms with Crippen molar-refractivity contribution in [2.75, 3.05) is 34.2 Å². The van der Waals surface area contributed by atoms with Crippen LogP contribution in [0, 0.1) is 5.92 Å². The van der Waals surface area contributed by atoms with Crippen molar-refractivity contribution in [2.45, 2.75) is 32.5 Å². The van der Waals surface area contributed by atoms with Gasteiger partial charge in [0.05, 0.1) is 12.4 Å². The van der Waals surface area contributed by atoms with Crippen molar-refractivity contribution in [1.29, 1.82) is 0 Å². The molecule has 1 N–H and O–H groups in total. The van der Waals surface area contributed by atoms with Crippen molar-refractivity contribution < 1.29 is 0 Å². The molecule has 6 nitrogen and oxygen atoms in total. The third kappa shape index (κ3) is 5.94. The third-order valence-electron chi connectivity index (χ3n) is 5.28. The Labute approximate surface area is 186 Å². The van der Waals surface area contributed by atoms with Crippen LogP contribution in [-0.2, 0) is 13.1 Å². The summed E-state index contributed by atoms with van der Waals surface area (Å²) >= 11 is 0. The molecule has 1 aromatic heterocycles. The highest BCUT2D eigenvalue weighted by molar-refractivity contribution is 14.0. The van der Waals surface area contributed by atoms with Gasteiger partial charge in [-0.05, 0) is 37.6 Å². The van der Waals surface area contributed by atoms with E-state index in [1.165, 1.54) is 11.1 Å². The Hall–Kier alpha value is -1.61. The summed E-state index contributed by atoms with van der Waals surface area (Å²) in [7, 11) is 6.07. The van der Waals surface area contributed by atoms with E-state index in [0.717, 1.165) is 38.6 Å². The Morgan fingerprint density at radius 1 is 1.32 bits per heavy atom. The van der Waals surface area contributed by atoms with Gasteiger partial charge in [-0.1, -0.05) is 31.2 Å². The monoisotopic (exact) mass is 496 g/mol. The maximum atomic E-state index is 4.54. The van der Waals surface area contributed by atoms with Crippen molar-refractivity contribution in [3.8, 4) is 0 Å². The normalized spacial score (nSPS) is 20.2. The topological polar surface area (TPSA) is 48.7 Å². The predicted molar refractivity (Wildman–Crippen MR) is 126 cm³/mol. The quantitative estimate of drug-likeness (QED) is 0.393. The molecule has 3 rings (SSSR count). The van der Waals surface area contributed by atoms with E-state index in [1.54, 1.807) is 0 Å². The summed E-state index contributed by atoms with van der Waals surface area (Å²) in [6.07, 6.45) is 7.01. The summed E-state index contributed by atoms with van der Waals surface area (Å²) in [5.74, 6) is 1.61. The molecule has 154 valence electrons. The van der Waals surface area contributed by atoms with Crippen LogP contribution in [0.2, 0.25) is 0 Å². The lowest BCUT2D eigenvalue weighted by Gasteiger charge is -2.39. The second-order valence-electron chi connectivity index (χ2n) is 7.75. The molecule has 0 saturated carbocycles. The average Bonchev–Trinajstić information content (AvgIpc) is 3.17. The largest absolute Gasteiger partial charge is 0.352 e. The zero-order valence-electron chi connectivity index (χ0n) is 17.4. The first-order valence-corrected chi connectivity index (χ1v) is 9.72. The first-order valence-electron chi connectivity index (χ1n) is 9.72. The maximum Gasteiger partial charge on any atom is 0.193 e. The molecule has 7 heteroatoms. The average molecular weight is 496 g/mol. The molecule has 2 atom stereocenters. The molecule has 2 aromatic rings. The van der Waals surface area contributed by atoms with E-state index in [-0.39, 0.29) is 24.0 Å². The first kappa shape index (κ1) is 22.7. The van der Waals surface area contributed by atoms with Crippen LogP contribution in [-0.4, -0.2) is 59.5 Å². The van der Waals surface area contributed by atoms with E-state index >= 15 is 0 Å². The Balaban J connectivity index is 0.00000280. The van der Waals surface area contributed by atoms with E-state index < -0.39 is 0 Å². The smallest absolute Gasteiger partial charge is 0.193 e. The van der Waals surface area contributed by atoms with Crippen LogP contribution >= 0.6 is 24.0 Å². The van der Waals surface area contributed by atoms with Gasteiger partial charge in [0.1, 0.15) is 0 Å². The zero-order valence-corrected chi connectivity index (χ0v) is 19.7. The van der Waals surface area contributed by atoms with Crippen LogP contribution in [0.5, 0.6) is 0 Å². The molecule has 2 unspecified atom stereocenters. The van der Waals surface area contributed by atoms with Gasteiger partial charge in [-0.25, -0.2) is 4.98 Å². The van der Waals surface area contributed by atoms with Gasteiger partial charge in [0, 0.05) is 45.6 Å². The molecule has 1 aromatic carbocycles. The molecular weight excluding hydrogens is 463 g/mol. The second-order valence-corrected chi connectivity index (χ2v) is 7.75. The lowest BCUT2D eigenvalue weighted by Crippen LogP contribution is -2.48. The molecule has 0 aliphatic carbocycles. The number of benzene rings is 1.